The second kappa shape index (κ2) is 9.02. The molecule has 0 fully saturated rings. The number of phenols is 1. The molecule has 0 aliphatic rings. The molecule has 0 aliphatic carbocycles. The van der Waals surface area contributed by atoms with Gasteiger partial charge in [0.25, 0.3) is 0 Å². The molecule has 0 bridgehead atoms. The summed E-state index contributed by atoms with van der Waals surface area (Å²) >= 11 is 0. The second-order valence-corrected chi connectivity index (χ2v) is 7.55. The summed E-state index contributed by atoms with van der Waals surface area (Å²) in [4.78, 5) is 11.5. The van der Waals surface area contributed by atoms with E-state index in [1.807, 2.05) is 49.4 Å². The molecule has 0 aromatic heterocycles. The summed E-state index contributed by atoms with van der Waals surface area (Å²) in [7, 11) is 1.63. The summed E-state index contributed by atoms with van der Waals surface area (Å²) in [6.45, 7) is 1.86. The Morgan fingerprint density at radius 1 is 0.906 bits per heavy atom. The van der Waals surface area contributed by atoms with Gasteiger partial charge in [-0.1, -0.05) is 37.3 Å². The molecule has 0 radical (unpaired) electrons. The molecule has 0 amide bonds. The topological polar surface area (TPSA) is 76.0 Å². The predicted molar refractivity (Wildman–Crippen MR) is 125 cm³/mol. The molecule has 32 heavy (non-hydrogen) atoms. The Labute approximate surface area is 186 Å². The molecule has 0 spiro atoms. The first-order chi connectivity index (χ1) is 15.5. The molecule has 0 heterocycles. The Bertz CT molecular complexity index is 1240. The maximum Gasteiger partial charge on any atom is 0.310 e. The van der Waals surface area contributed by atoms with Crippen LogP contribution in [-0.4, -0.2) is 23.3 Å². The van der Waals surface area contributed by atoms with Gasteiger partial charge in [-0.2, -0.15) is 0 Å². The molecule has 5 nitrogen and oxygen atoms in total. The highest BCUT2D eigenvalue weighted by Gasteiger charge is 2.18. The maximum atomic E-state index is 11.5. The van der Waals surface area contributed by atoms with Crippen molar-refractivity contribution in [3.8, 4) is 34.1 Å². The molecule has 1 atom stereocenters. The van der Waals surface area contributed by atoms with Crippen molar-refractivity contribution in [1.82, 2.24) is 0 Å². The van der Waals surface area contributed by atoms with Crippen LogP contribution in [0.5, 0.6) is 23.0 Å². The van der Waals surface area contributed by atoms with Gasteiger partial charge in [0.05, 0.1) is 13.0 Å². The van der Waals surface area contributed by atoms with Crippen molar-refractivity contribution in [2.45, 2.75) is 19.3 Å². The molecule has 5 heteroatoms. The van der Waals surface area contributed by atoms with E-state index in [-0.39, 0.29) is 5.75 Å². The summed E-state index contributed by atoms with van der Waals surface area (Å²) in [6.07, 6.45) is 0.518. The zero-order chi connectivity index (χ0) is 22.7. The zero-order valence-corrected chi connectivity index (χ0v) is 17.9. The number of hydrogen-bond acceptors (Lipinski definition) is 4. The summed E-state index contributed by atoms with van der Waals surface area (Å²) < 4.78 is 11.6. The maximum absolute atomic E-state index is 11.5. The molecule has 4 aromatic carbocycles. The van der Waals surface area contributed by atoms with E-state index in [0.717, 1.165) is 33.2 Å². The van der Waals surface area contributed by atoms with Gasteiger partial charge in [0.2, 0.25) is 0 Å². The fourth-order valence-corrected chi connectivity index (χ4v) is 3.84. The number of aliphatic carboxylic acids is 1. The molecule has 0 saturated heterocycles. The predicted octanol–water partition coefficient (Wildman–Crippen LogP) is 6.59. The van der Waals surface area contributed by atoms with Gasteiger partial charge in [0.15, 0.2) is 0 Å². The molecular weight excluding hydrogens is 404 g/mol. The SMILES string of the molecule is CCC(C(=O)O)c1ccc(Oc2c(-c3ccc(OC)cc3)ccc3cc(O)ccc23)cc1. The Morgan fingerprint density at radius 2 is 1.59 bits per heavy atom. The van der Waals surface area contributed by atoms with E-state index in [0.29, 0.717) is 17.9 Å². The van der Waals surface area contributed by atoms with Gasteiger partial charge in [0.1, 0.15) is 23.0 Å². The minimum absolute atomic E-state index is 0.185. The van der Waals surface area contributed by atoms with Crippen LogP contribution in [-0.2, 0) is 4.79 Å². The average molecular weight is 428 g/mol. The number of carboxylic acids is 1. The number of rotatable bonds is 7. The van der Waals surface area contributed by atoms with Crippen LogP contribution in [0.25, 0.3) is 21.9 Å². The molecule has 4 aromatic rings. The Morgan fingerprint density at radius 3 is 2.22 bits per heavy atom. The smallest absolute Gasteiger partial charge is 0.310 e. The van der Waals surface area contributed by atoms with Gasteiger partial charge < -0.3 is 19.7 Å². The van der Waals surface area contributed by atoms with Gasteiger partial charge in [-0.3, -0.25) is 4.79 Å². The van der Waals surface area contributed by atoms with Crippen molar-refractivity contribution in [3.63, 3.8) is 0 Å². The van der Waals surface area contributed by atoms with Gasteiger partial charge in [-0.15, -0.1) is 0 Å². The van der Waals surface area contributed by atoms with Crippen LogP contribution in [0.3, 0.4) is 0 Å². The van der Waals surface area contributed by atoms with Gasteiger partial charge in [-0.25, -0.2) is 0 Å². The summed E-state index contributed by atoms with van der Waals surface area (Å²) in [5.74, 6) is 0.831. The van der Waals surface area contributed by atoms with Gasteiger partial charge >= 0.3 is 5.97 Å². The van der Waals surface area contributed by atoms with Crippen molar-refractivity contribution in [2.75, 3.05) is 7.11 Å². The molecular formula is C27H24O5. The van der Waals surface area contributed by atoms with E-state index in [2.05, 4.69) is 0 Å². The van der Waals surface area contributed by atoms with Crippen molar-refractivity contribution < 1.29 is 24.5 Å². The van der Waals surface area contributed by atoms with Gasteiger partial charge in [0, 0.05) is 10.9 Å². The first-order valence-corrected chi connectivity index (χ1v) is 10.4. The first-order valence-electron chi connectivity index (χ1n) is 10.4. The number of benzene rings is 4. The number of ether oxygens (including phenoxy) is 2. The molecule has 0 aliphatic heterocycles. The first kappa shape index (κ1) is 21.2. The largest absolute Gasteiger partial charge is 0.508 e. The molecule has 4 rings (SSSR count). The number of methoxy groups -OCH3 is 1. The third-order valence-corrected chi connectivity index (χ3v) is 5.56. The van der Waals surface area contributed by atoms with E-state index in [1.165, 1.54) is 0 Å². The van der Waals surface area contributed by atoms with Crippen LogP contribution in [0.4, 0.5) is 0 Å². The van der Waals surface area contributed by atoms with Crippen molar-refractivity contribution >= 4 is 16.7 Å². The van der Waals surface area contributed by atoms with E-state index in [9.17, 15) is 15.0 Å². The monoisotopic (exact) mass is 428 g/mol. The number of fused-ring (bicyclic) bond motifs is 1. The summed E-state index contributed by atoms with van der Waals surface area (Å²) in [5, 5.41) is 21.0. The third kappa shape index (κ3) is 4.23. The number of hydrogen-bond donors (Lipinski definition) is 2. The zero-order valence-electron chi connectivity index (χ0n) is 17.9. The molecule has 1 unspecified atom stereocenters. The average Bonchev–Trinajstić information content (AvgIpc) is 2.80. The van der Waals surface area contributed by atoms with Crippen LogP contribution < -0.4 is 9.47 Å². The van der Waals surface area contributed by atoms with Crippen LogP contribution >= 0.6 is 0 Å². The van der Waals surface area contributed by atoms with Crippen LogP contribution in [0.15, 0.2) is 78.9 Å². The molecule has 0 saturated carbocycles. The van der Waals surface area contributed by atoms with Crippen molar-refractivity contribution in [3.05, 3.63) is 84.4 Å². The van der Waals surface area contributed by atoms with E-state index >= 15 is 0 Å². The van der Waals surface area contributed by atoms with Gasteiger partial charge in [-0.05, 0) is 71.5 Å². The lowest BCUT2D eigenvalue weighted by Crippen LogP contribution is -2.10. The van der Waals surface area contributed by atoms with E-state index < -0.39 is 11.9 Å². The number of aromatic hydroxyl groups is 1. The lowest BCUT2D eigenvalue weighted by atomic mass is 9.96. The lowest BCUT2D eigenvalue weighted by molar-refractivity contribution is -0.138. The quantitative estimate of drug-likeness (QED) is 0.347. The summed E-state index contributed by atoms with van der Waals surface area (Å²) in [5.41, 5.74) is 2.60. The molecule has 2 N–H and O–H groups in total. The summed E-state index contributed by atoms with van der Waals surface area (Å²) in [6, 6.07) is 24.0. The van der Waals surface area contributed by atoms with Crippen LogP contribution in [0.2, 0.25) is 0 Å². The fourth-order valence-electron chi connectivity index (χ4n) is 3.84. The Balaban J connectivity index is 1.78. The third-order valence-electron chi connectivity index (χ3n) is 5.56. The Hall–Kier alpha value is -3.99. The van der Waals surface area contributed by atoms with E-state index in [1.54, 1.807) is 43.5 Å². The van der Waals surface area contributed by atoms with Crippen molar-refractivity contribution in [1.29, 1.82) is 0 Å². The number of carbonyl (C=O) groups is 1. The van der Waals surface area contributed by atoms with E-state index in [4.69, 9.17) is 9.47 Å². The van der Waals surface area contributed by atoms with Crippen LogP contribution in [0, 0.1) is 0 Å². The lowest BCUT2D eigenvalue weighted by Gasteiger charge is -2.16. The Kier molecular flexibility index (Phi) is 5.99. The minimum Gasteiger partial charge on any atom is -0.508 e. The number of carboxylic acid groups (broad SMARTS) is 1. The van der Waals surface area contributed by atoms with Crippen LogP contribution in [0.1, 0.15) is 24.8 Å². The minimum atomic E-state index is -0.836. The highest BCUT2D eigenvalue weighted by molar-refractivity contribution is 5.96. The fraction of sp³-hybridized carbons (Fsp3) is 0.148. The normalized spacial score (nSPS) is 11.8. The number of phenolic OH excluding ortho intramolecular Hbond substituents is 1. The second-order valence-electron chi connectivity index (χ2n) is 7.55. The standard InChI is InChI=1S/C27H24O5/c1-3-23(27(29)30)17-6-12-22(13-7-17)32-26-24(18-4-10-21(31-2)11-5-18)14-8-19-16-20(28)9-15-25(19)26/h4-16,23,28H,3H2,1-2H3,(H,29,30). The highest BCUT2D eigenvalue weighted by atomic mass is 16.5. The van der Waals surface area contributed by atoms with Crippen molar-refractivity contribution in [2.24, 2.45) is 0 Å². The molecule has 162 valence electrons. The highest BCUT2D eigenvalue weighted by Crippen LogP contribution is 2.41.